The van der Waals surface area contributed by atoms with Gasteiger partial charge in [-0.2, -0.15) is 0 Å². The van der Waals surface area contributed by atoms with Gasteiger partial charge in [0.15, 0.2) is 0 Å². The number of aliphatic hydroxyl groups excluding tert-OH is 1. The van der Waals surface area contributed by atoms with Crippen LogP contribution >= 0.6 is 0 Å². The molecule has 0 spiro atoms. The lowest BCUT2D eigenvalue weighted by molar-refractivity contribution is 0.0127. The van der Waals surface area contributed by atoms with Crippen molar-refractivity contribution in [3.05, 3.63) is 29.7 Å². The molecule has 1 aliphatic carbocycles. The van der Waals surface area contributed by atoms with Crippen molar-refractivity contribution >= 4 is 0 Å². The summed E-state index contributed by atoms with van der Waals surface area (Å²) in [5, 5.41) is 16.9. The molecule has 1 aromatic rings. The Kier molecular flexibility index (Phi) is 6.42. The predicted molar refractivity (Wildman–Crippen MR) is 80.8 cm³/mol. The maximum Gasteiger partial charge on any atom is 0.133 e. The third-order valence-electron chi connectivity index (χ3n) is 3.92. The molecule has 1 aromatic heterocycles. The quantitative estimate of drug-likeness (QED) is 0.718. The summed E-state index contributed by atoms with van der Waals surface area (Å²) in [5.41, 5.74) is 0.850. The number of allylic oxidation sites excluding steroid dienone is 2. The van der Waals surface area contributed by atoms with Gasteiger partial charge in [0.1, 0.15) is 5.76 Å². The lowest BCUT2D eigenvalue weighted by Crippen LogP contribution is -2.31. The molecule has 0 saturated heterocycles. The first-order chi connectivity index (χ1) is 10.1. The van der Waals surface area contributed by atoms with Gasteiger partial charge in [0.05, 0.1) is 25.0 Å². The molecule has 2 N–H and O–H groups in total. The average Bonchev–Trinajstić information content (AvgIpc) is 2.87. The Balaban J connectivity index is 1.55. The van der Waals surface area contributed by atoms with E-state index in [9.17, 15) is 5.11 Å². The van der Waals surface area contributed by atoms with Gasteiger partial charge >= 0.3 is 0 Å². The summed E-state index contributed by atoms with van der Waals surface area (Å²) < 4.78 is 10.6. The molecule has 0 radical (unpaired) electrons. The van der Waals surface area contributed by atoms with E-state index < -0.39 is 6.10 Å². The van der Waals surface area contributed by atoms with Crippen LogP contribution in [0.25, 0.3) is 0 Å². The smallest absolute Gasteiger partial charge is 0.133 e. The second-order valence-corrected chi connectivity index (χ2v) is 5.93. The zero-order valence-electron chi connectivity index (χ0n) is 12.9. The van der Waals surface area contributed by atoms with Gasteiger partial charge in [-0.05, 0) is 31.6 Å². The minimum atomic E-state index is -0.493. The second kappa shape index (κ2) is 8.32. The monoisotopic (exact) mass is 294 g/mol. The first-order valence-electron chi connectivity index (χ1n) is 7.69. The van der Waals surface area contributed by atoms with Gasteiger partial charge in [-0.1, -0.05) is 24.2 Å². The van der Waals surface area contributed by atoms with Gasteiger partial charge in [0.25, 0.3) is 0 Å². The average molecular weight is 294 g/mol. The fourth-order valence-electron chi connectivity index (χ4n) is 2.52. The van der Waals surface area contributed by atoms with Crippen LogP contribution in [0.3, 0.4) is 0 Å². The molecule has 5 nitrogen and oxygen atoms in total. The molecule has 3 unspecified atom stereocenters. The van der Waals surface area contributed by atoms with E-state index >= 15 is 0 Å². The molecule has 0 saturated carbocycles. The van der Waals surface area contributed by atoms with Crippen LogP contribution in [0.2, 0.25) is 0 Å². The van der Waals surface area contributed by atoms with Crippen molar-refractivity contribution in [3.8, 4) is 0 Å². The lowest BCUT2D eigenvalue weighted by atomic mass is 9.85. The Bertz CT molecular complexity index is 444. The van der Waals surface area contributed by atoms with E-state index in [1.54, 1.807) is 0 Å². The Morgan fingerprint density at radius 1 is 1.48 bits per heavy atom. The molecule has 5 heteroatoms. The zero-order chi connectivity index (χ0) is 15.1. The first-order valence-corrected chi connectivity index (χ1v) is 7.69. The Morgan fingerprint density at radius 2 is 2.29 bits per heavy atom. The molecule has 3 atom stereocenters. The van der Waals surface area contributed by atoms with Gasteiger partial charge in [-0.15, -0.1) is 0 Å². The largest absolute Gasteiger partial charge is 0.389 e. The van der Waals surface area contributed by atoms with E-state index in [4.69, 9.17) is 9.26 Å². The van der Waals surface area contributed by atoms with Crippen LogP contribution in [-0.2, 0) is 11.3 Å². The fraction of sp³-hybridized carbons (Fsp3) is 0.688. The van der Waals surface area contributed by atoms with Crippen LogP contribution in [0.4, 0.5) is 0 Å². The molecule has 118 valence electrons. The molecule has 0 fully saturated rings. The zero-order valence-corrected chi connectivity index (χ0v) is 12.9. The van der Waals surface area contributed by atoms with Crippen molar-refractivity contribution in [3.63, 3.8) is 0 Å². The van der Waals surface area contributed by atoms with E-state index in [1.807, 2.05) is 13.0 Å². The van der Waals surface area contributed by atoms with Crippen molar-refractivity contribution in [2.45, 2.75) is 39.3 Å². The van der Waals surface area contributed by atoms with Crippen molar-refractivity contribution in [1.82, 2.24) is 10.5 Å². The second-order valence-electron chi connectivity index (χ2n) is 5.93. The predicted octanol–water partition coefficient (Wildman–Crippen LogP) is 2.05. The summed E-state index contributed by atoms with van der Waals surface area (Å²) in [5.74, 6) is 2.04. The topological polar surface area (TPSA) is 67.5 Å². The molecule has 1 aliphatic rings. The number of aliphatic hydroxyl groups is 1. The summed E-state index contributed by atoms with van der Waals surface area (Å²) >= 11 is 0. The summed E-state index contributed by atoms with van der Waals surface area (Å²) in [6, 6.07) is 1.88. The van der Waals surface area contributed by atoms with Crippen molar-refractivity contribution in [2.75, 3.05) is 19.8 Å². The van der Waals surface area contributed by atoms with Crippen LogP contribution in [-0.4, -0.2) is 36.1 Å². The Hall–Kier alpha value is -1.17. The molecule has 0 aliphatic heterocycles. The summed E-state index contributed by atoms with van der Waals surface area (Å²) in [6.45, 7) is 6.31. The molecule has 0 bridgehead atoms. The molecular weight excluding hydrogens is 268 g/mol. The minimum Gasteiger partial charge on any atom is -0.389 e. The number of nitrogens with zero attached hydrogens (tertiary/aromatic N) is 1. The third-order valence-corrected chi connectivity index (χ3v) is 3.92. The van der Waals surface area contributed by atoms with Gasteiger partial charge in [-0.3, -0.25) is 0 Å². The van der Waals surface area contributed by atoms with Crippen LogP contribution in [0.1, 0.15) is 31.2 Å². The van der Waals surface area contributed by atoms with Crippen molar-refractivity contribution < 1.29 is 14.4 Å². The van der Waals surface area contributed by atoms with Crippen molar-refractivity contribution in [2.24, 2.45) is 11.8 Å². The van der Waals surface area contributed by atoms with Crippen molar-refractivity contribution in [1.29, 1.82) is 0 Å². The van der Waals surface area contributed by atoms with E-state index in [-0.39, 0.29) is 0 Å². The van der Waals surface area contributed by atoms with Gasteiger partial charge in [0.2, 0.25) is 0 Å². The Labute approximate surface area is 126 Å². The van der Waals surface area contributed by atoms with E-state index in [1.165, 1.54) is 0 Å². The number of hydrogen-bond acceptors (Lipinski definition) is 5. The molecule has 21 heavy (non-hydrogen) atoms. The number of aromatic nitrogens is 1. The number of ether oxygens (including phenoxy) is 1. The van der Waals surface area contributed by atoms with Gasteiger partial charge in [0, 0.05) is 19.2 Å². The molecule has 2 rings (SSSR count). The third kappa shape index (κ3) is 5.61. The fourth-order valence-corrected chi connectivity index (χ4v) is 2.52. The Morgan fingerprint density at radius 3 is 3.00 bits per heavy atom. The first kappa shape index (κ1) is 16.2. The lowest BCUT2D eigenvalue weighted by Gasteiger charge is -2.25. The number of hydrogen-bond donors (Lipinski definition) is 2. The number of nitrogens with one attached hydrogen (secondary N) is 1. The van der Waals surface area contributed by atoms with Gasteiger partial charge < -0.3 is 19.7 Å². The molecule has 1 heterocycles. The van der Waals surface area contributed by atoms with E-state index in [0.717, 1.165) is 30.9 Å². The van der Waals surface area contributed by atoms with Crippen LogP contribution in [0.5, 0.6) is 0 Å². The highest BCUT2D eigenvalue weighted by Gasteiger charge is 2.18. The highest BCUT2D eigenvalue weighted by molar-refractivity contribution is 5.02. The van der Waals surface area contributed by atoms with Gasteiger partial charge in [-0.25, -0.2) is 0 Å². The molecule has 0 amide bonds. The van der Waals surface area contributed by atoms with E-state index in [0.29, 0.717) is 31.5 Å². The normalized spacial score (nSPS) is 23.4. The highest BCUT2D eigenvalue weighted by Crippen LogP contribution is 2.24. The van der Waals surface area contributed by atoms with E-state index in [2.05, 4.69) is 29.5 Å². The number of rotatable bonds is 8. The number of aryl methyl sites for hydroxylation is 1. The SMILES string of the molecule is Cc1cc(CNCC(O)COCC2CC=CCC2C)no1. The highest BCUT2D eigenvalue weighted by atomic mass is 16.5. The summed E-state index contributed by atoms with van der Waals surface area (Å²) in [6.07, 6.45) is 6.20. The molecule has 0 aromatic carbocycles. The van der Waals surface area contributed by atoms with Crippen LogP contribution in [0.15, 0.2) is 22.7 Å². The van der Waals surface area contributed by atoms with Crippen LogP contribution < -0.4 is 5.32 Å². The standard InChI is InChI=1S/C16H26N2O3/c1-12-5-3-4-6-14(12)10-20-11-16(19)9-17-8-15-7-13(2)21-18-15/h3-4,7,12,14,16-17,19H,5-6,8-11H2,1-2H3. The summed E-state index contributed by atoms with van der Waals surface area (Å²) in [4.78, 5) is 0. The van der Waals surface area contributed by atoms with Crippen LogP contribution in [0, 0.1) is 18.8 Å². The maximum absolute atomic E-state index is 9.88. The maximum atomic E-state index is 9.88. The molecular formula is C16H26N2O3. The minimum absolute atomic E-state index is 0.373. The summed E-state index contributed by atoms with van der Waals surface area (Å²) in [7, 11) is 0.